The number of carbonyl (C=O) groups excluding carboxylic acids is 1. The number of carbonyl (C=O) groups is 1. The van der Waals surface area contributed by atoms with Crippen LogP contribution in [0.15, 0.2) is 16.7 Å². The van der Waals surface area contributed by atoms with E-state index in [0.29, 0.717) is 18.9 Å². The Morgan fingerprint density at radius 2 is 2.44 bits per heavy atom. The summed E-state index contributed by atoms with van der Waals surface area (Å²) in [7, 11) is 0. The first kappa shape index (κ1) is 11.7. The van der Waals surface area contributed by atoms with Gasteiger partial charge < -0.3 is 19.4 Å². The predicted octanol–water partition coefficient (Wildman–Crippen LogP) is 0.791. The summed E-state index contributed by atoms with van der Waals surface area (Å²) < 4.78 is 11.0. The van der Waals surface area contributed by atoms with Crippen molar-refractivity contribution in [2.75, 3.05) is 26.2 Å². The molecule has 3 heterocycles. The zero-order valence-electron chi connectivity index (χ0n) is 10.5. The summed E-state index contributed by atoms with van der Waals surface area (Å²) in [5.41, 5.74) is 0.900. The van der Waals surface area contributed by atoms with Crippen LogP contribution in [-0.2, 0) is 4.74 Å². The van der Waals surface area contributed by atoms with E-state index in [0.717, 1.165) is 25.1 Å². The molecule has 98 valence electrons. The number of nitrogens with one attached hydrogen (secondary N) is 1. The lowest BCUT2D eigenvalue weighted by molar-refractivity contribution is -0.0692. The lowest BCUT2D eigenvalue weighted by Crippen LogP contribution is -2.59. The highest BCUT2D eigenvalue weighted by Crippen LogP contribution is 2.23. The molecule has 2 fully saturated rings. The zero-order chi connectivity index (χ0) is 12.5. The number of piperidine rings is 1. The van der Waals surface area contributed by atoms with Crippen molar-refractivity contribution in [2.24, 2.45) is 0 Å². The van der Waals surface area contributed by atoms with E-state index in [1.54, 1.807) is 6.26 Å². The molecule has 0 saturated carbocycles. The molecule has 1 unspecified atom stereocenters. The molecule has 0 bridgehead atoms. The number of morpholine rings is 1. The highest BCUT2D eigenvalue weighted by Gasteiger charge is 2.38. The van der Waals surface area contributed by atoms with Gasteiger partial charge in [0.2, 0.25) is 0 Å². The summed E-state index contributed by atoms with van der Waals surface area (Å²) in [6.45, 7) is 4.92. The van der Waals surface area contributed by atoms with Crippen LogP contribution in [0.4, 0.5) is 0 Å². The van der Waals surface area contributed by atoms with Crippen molar-refractivity contribution < 1.29 is 13.9 Å². The van der Waals surface area contributed by atoms with E-state index in [-0.39, 0.29) is 18.1 Å². The first-order chi connectivity index (χ1) is 8.77. The fraction of sp³-hybridized carbons (Fsp3) is 0.615. The molecule has 1 aromatic heterocycles. The minimum atomic E-state index is -0.00213. The van der Waals surface area contributed by atoms with Crippen molar-refractivity contribution in [1.82, 2.24) is 10.2 Å². The minimum Gasteiger partial charge on any atom is -0.459 e. The third-order valence-electron chi connectivity index (χ3n) is 3.77. The van der Waals surface area contributed by atoms with E-state index in [1.165, 1.54) is 0 Å². The molecule has 1 N–H and O–H groups in total. The van der Waals surface area contributed by atoms with Crippen molar-refractivity contribution >= 4 is 5.91 Å². The first-order valence-electron chi connectivity index (χ1n) is 6.45. The summed E-state index contributed by atoms with van der Waals surface area (Å²) in [5.74, 6) is 0.465. The van der Waals surface area contributed by atoms with Gasteiger partial charge >= 0.3 is 0 Å². The van der Waals surface area contributed by atoms with Crippen LogP contribution in [-0.4, -0.2) is 49.2 Å². The van der Waals surface area contributed by atoms with Gasteiger partial charge in [0.15, 0.2) is 5.76 Å². The van der Waals surface area contributed by atoms with Gasteiger partial charge in [-0.3, -0.25) is 4.79 Å². The molecule has 5 nitrogen and oxygen atoms in total. The van der Waals surface area contributed by atoms with Crippen LogP contribution >= 0.6 is 0 Å². The number of rotatable bonds is 1. The third kappa shape index (κ3) is 1.93. The molecule has 0 radical (unpaired) electrons. The van der Waals surface area contributed by atoms with E-state index in [9.17, 15) is 4.79 Å². The van der Waals surface area contributed by atoms with Gasteiger partial charge in [-0.25, -0.2) is 0 Å². The lowest BCUT2D eigenvalue weighted by atomic mass is 9.99. The Bertz CT molecular complexity index is 441. The SMILES string of the molecule is Cc1ccoc1C(=O)N1CCOC2CNCC[C@@H]21. The number of hydrogen-bond acceptors (Lipinski definition) is 4. The fourth-order valence-electron chi connectivity index (χ4n) is 2.79. The summed E-state index contributed by atoms with van der Waals surface area (Å²) in [6.07, 6.45) is 2.63. The molecule has 5 heteroatoms. The van der Waals surface area contributed by atoms with E-state index in [2.05, 4.69) is 5.32 Å². The summed E-state index contributed by atoms with van der Waals surface area (Å²) in [6, 6.07) is 2.00. The second-order valence-electron chi connectivity index (χ2n) is 4.90. The maximum atomic E-state index is 12.5. The third-order valence-corrected chi connectivity index (χ3v) is 3.77. The highest BCUT2D eigenvalue weighted by molar-refractivity contribution is 5.93. The molecule has 0 aromatic carbocycles. The monoisotopic (exact) mass is 250 g/mol. The number of fused-ring (bicyclic) bond motifs is 1. The van der Waals surface area contributed by atoms with Crippen LogP contribution in [0.2, 0.25) is 0 Å². The Kier molecular flexibility index (Phi) is 3.09. The maximum Gasteiger partial charge on any atom is 0.290 e. The fourth-order valence-corrected chi connectivity index (χ4v) is 2.79. The van der Waals surface area contributed by atoms with Crippen LogP contribution in [0, 0.1) is 6.92 Å². The van der Waals surface area contributed by atoms with Crippen LogP contribution in [0.1, 0.15) is 22.5 Å². The second-order valence-corrected chi connectivity index (χ2v) is 4.90. The van der Waals surface area contributed by atoms with Crippen molar-refractivity contribution in [1.29, 1.82) is 0 Å². The Morgan fingerprint density at radius 3 is 3.22 bits per heavy atom. The number of aryl methyl sites for hydroxylation is 1. The molecule has 0 spiro atoms. The number of hydrogen-bond donors (Lipinski definition) is 1. The summed E-state index contributed by atoms with van der Waals surface area (Å²) in [4.78, 5) is 14.4. The minimum absolute atomic E-state index is 0.00213. The van der Waals surface area contributed by atoms with Crippen LogP contribution in [0.3, 0.4) is 0 Å². The molecule has 1 amide bonds. The topological polar surface area (TPSA) is 54.7 Å². The molecule has 2 aliphatic rings. The molecule has 3 rings (SSSR count). The quantitative estimate of drug-likeness (QED) is 0.800. The van der Waals surface area contributed by atoms with Gasteiger partial charge in [0, 0.05) is 18.7 Å². The van der Waals surface area contributed by atoms with E-state index < -0.39 is 0 Å². The van der Waals surface area contributed by atoms with Gasteiger partial charge in [0.05, 0.1) is 25.0 Å². The Hall–Kier alpha value is -1.33. The van der Waals surface area contributed by atoms with Crippen LogP contribution in [0.5, 0.6) is 0 Å². The smallest absolute Gasteiger partial charge is 0.290 e. The normalized spacial score (nSPS) is 27.9. The number of amides is 1. The molecular formula is C13H18N2O3. The van der Waals surface area contributed by atoms with Crippen molar-refractivity contribution in [3.05, 3.63) is 23.7 Å². The van der Waals surface area contributed by atoms with Gasteiger partial charge in [-0.1, -0.05) is 0 Å². The van der Waals surface area contributed by atoms with E-state index in [1.807, 2.05) is 17.9 Å². The van der Waals surface area contributed by atoms with Crippen molar-refractivity contribution in [3.8, 4) is 0 Å². The largest absolute Gasteiger partial charge is 0.459 e. The Balaban J connectivity index is 1.82. The van der Waals surface area contributed by atoms with Gasteiger partial charge in [-0.2, -0.15) is 0 Å². The number of ether oxygens (including phenoxy) is 1. The molecule has 2 aliphatic heterocycles. The molecule has 18 heavy (non-hydrogen) atoms. The molecular weight excluding hydrogens is 232 g/mol. The average molecular weight is 250 g/mol. The number of nitrogens with zero attached hydrogens (tertiary/aromatic N) is 1. The summed E-state index contributed by atoms with van der Waals surface area (Å²) in [5, 5.41) is 3.30. The predicted molar refractivity (Wildman–Crippen MR) is 65.5 cm³/mol. The molecule has 2 saturated heterocycles. The van der Waals surface area contributed by atoms with Crippen LogP contribution in [0.25, 0.3) is 0 Å². The Morgan fingerprint density at radius 1 is 1.56 bits per heavy atom. The molecule has 2 atom stereocenters. The first-order valence-corrected chi connectivity index (χ1v) is 6.45. The molecule has 0 aliphatic carbocycles. The van der Waals surface area contributed by atoms with E-state index in [4.69, 9.17) is 9.15 Å². The van der Waals surface area contributed by atoms with Gasteiger partial charge in [0.25, 0.3) is 5.91 Å². The maximum absolute atomic E-state index is 12.5. The van der Waals surface area contributed by atoms with E-state index >= 15 is 0 Å². The van der Waals surface area contributed by atoms with Gasteiger partial charge in [-0.05, 0) is 26.0 Å². The van der Waals surface area contributed by atoms with Crippen LogP contribution < -0.4 is 5.32 Å². The number of furan rings is 1. The Labute approximate surface area is 106 Å². The standard InChI is InChI=1S/C13H18N2O3/c1-9-3-6-18-12(9)13(16)15-5-7-17-11-8-14-4-2-10(11)15/h3,6,10-11,14H,2,4-5,7-8H2,1H3/t10-,11?/m0/s1. The average Bonchev–Trinajstić information content (AvgIpc) is 2.83. The van der Waals surface area contributed by atoms with Crippen molar-refractivity contribution in [3.63, 3.8) is 0 Å². The van der Waals surface area contributed by atoms with Gasteiger partial charge in [0.1, 0.15) is 0 Å². The zero-order valence-corrected chi connectivity index (χ0v) is 10.5. The highest BCUT2D eigenvalue weighted by atomic mass is 16.5. The van der Waals surface area contributed by atoms with Gasteiger partial charge in [-0.15, -0.1) is 0 Å². The molecule has 1 aromatic rings. The summed E-state index contributed by atoms with van der Waals surface area (Å²) >= 11 is 0. The van der Waals surface area contributed by atoms with Crippen molar-refractivity contribution in [2.45, 2.75) is 25.5 Å². The lowest BCUT2D eigenvalue weighted by Gasteiger charge is -2.43. The second kappa shape index (κ2) is 4.74.